The Bertz CT molecular complexity index is 1430. The van der Waals surface area contributed by atoms with Gasteiger partial charge >= 0.3 is 12.4 Å². The summed E-state index contributed by atoms with van der Waals surface area (Å²) in [4.78, 5) is 15.5. The molecule has 0 spiro atoms. The van der Waals surface area contributed by atoms with Gasteiger partial charge in [-0.05, 0) is 24.6 Å². The van der Waals surface area contributed by atoms with Gasteiger partial charge in [0.25, 0.3) is 0 Å². The van der Waals surface area contributed by atoms with E-state index in [0.717, 1.165) is 17.8 Å². The Balaban J connectivity index is 1.54. The zero-order valence-corrected chi connectivity index (χ0v) is 20.8. The van der Waals surface area contributed by atoms with Gasteiger partial charge in [-0.15, -0.1) is 0 Å². The normalized spacial score (nSPS) is 14.5. The van der Waals surface area contributed by atoms with Crippen LogP contribution in [0.1, 0.15) is 17.0 Å². The van der Waals surface area contributed by atoms with E-state index in [4.69, 9.17) is 0 Å². The van der Waals surface area contributed by atoms with E-state index in [1.165, 1.54) is 6.07 Å². The lowest BCUT2D eigenvalue weighted by Crippen LogP contribution is -2.47. The Morgan fingerprint density at radius 1 is 0.667 bits per heavy atom. The van der Waals surface area contributed by atoms with Gasteiger partial charge in [0, 0.05) is 37.9 Å². The van der Waals surface area contributed by atoms with Crippen molar-refractivity contribution < 1.29 is 26.3 Å². The molecule has 39 heavy (non-hydrogen) atoms. The van der Waals surface area contributed by atoms with Crippen molar-refractivity contribution in [2.45, 2.75) is 19.3 Å². The number of rotatable bonds is 4. The smallest absolute Gasteiger partial charge is 0.353 e. The number of anilines is 2. The Hall–Kier alpha value is -4.15. The first-order valence-electron chi connectivity index (χ1n) is 12.2. The Morgan fingerprint density at radius 3 is 1.87 bits per heavy atom. The van der Waals surface area contributed by atoms with Crippen molar-refractivity contribution in [2.24, 2.45) is 0 Å². The number of alkyl halides is 6. The maximum atomic E-state index is 14.0. The molecule has 1 aliphatic rings. The highest BCUT2D eigenvalue weighted by Crippen LogP contribution is 2.41. The van der Waals surface area contributed by atoms with Gasteiger partial charge in [0.1, 0.15) is 11.6 Å². The van der Waals surface area contributed by atoms with Crippen molar-refractivity contribution in [3.63, 3.8) is 0 Å². The van der Waals surface area contributed by atoms with E-state index in [1.807, 2.05) is 25.1 Å². The molecule has 4 aromatic rings. The second-order valence-electron chi connectivity index (χ2n) is 9.20. The van der Waals surface area contributed by atoms with Crippen molar-refractivity contribution in [2.75, 3.05) is 36.0 Å². The minimum atomic E-state index is -4.77. The number of aryl methyl sites for hydroxylation is 1. The molecule has 5 rings (SSSR count). The second kappa shape index (κ2) is 10.2. The molecule has 0 atom stereocenters. The van der Waals surface area contributed by atoms with Crippen LogP contribution in [0.2, 0.25) is 0 Å². The predicted octanol–water partition coefficient (Wildman–Crippen LogP) is 6.88. The van der Waals surface area contributed by atoms with Gasteiger partial charge in [0.05, 0.1) is 16.8 Å². The molecule has 1 saturated heterocycles. The molecule has 2 aromatic carbocycles. The SMILES string of the molecule is Cc1ccc(-c2nc(C(F)(F)F)nc(N3CCN(c4ccc(C(F)(F)F)cn4)CC3)c2-c2ccccc2)cc1. The van der Waals surface area contributed by atoms with Gasteiger partial charge in [0.2, 0.25) is 5.82 Å². The predicted molar refractivity (Wildman–Crippen MR) is 136 cm³/mol. The van der Waals surface area contributed by atoms with Gasteiger partial charge in [0.15, 0.2) is 0 Å². The van der Waals surface area contributed by atoms with Crippen molar-refractivity contribution >= 4 is 11.6 Å². The molecular weight excluding hydrogens is 520 g/mol. The number of pyridine rings is 1. The van der Waals surface area contributed by atoms with E-state index in [-0.39, 0.29) is 24.6 Å². The summed E-state index contributed by atoms with van der Waals surface area (Å²) in [7, 11) is 0. The summed E-state index contributed by atoms with van der Waals surface area (Å²) in [5.74, 6) is -0.719. The number of halogens is 6. The maximum absolute atomic E-state index is 14.0. The Kier molecular flexibility index (Phi) is 6.92. The molecule has 1 aliphatic heterocycles. The molecule has 0 bridgehead atoms. The summed E-state index contributed by atoms with van der Waals surface area (Å²) in [6, 6.07) is 18.4. The fourth-order valence-corrected chi connectivity index (χ4v) is 4.48. The monoisotopic (exact) mass is 543 g/mol. The van der Waals surface area contributed by atoms with E-state index in [1.54, 1.807) is 46.2 Å². The van der Waals surface area contributed by atoms with E-state index in [9.17, 15) is 26.3 Å². The van der Waals surface area contributed by atoms with Crippen LogP contribution in [0.5, 0.6) is 0 Å². The van der Waals surface area contributed by atoms with E-state index >= 15 is 0 Å². The number of hydrogen-bond acceptors (Lipinski definition) is 5. The zero-order chi connectivity index (χ0) is 27.8. The third-order valence-electron chi connectivity index (χ3n) is 6.51. The van der Waals surface area contributed by atoms with Crippen LogP contribution >= 0.6 is 0 Å². The first-order chi connectivity index (χ1) is 18.5. The van der Waals surface area contributed by atoms with Crippen LogP contribution in [0.15, 0.2) is 72.9 Å². The summed E-state index contributed by atoms with van der Waals surface area (Å²) >= 11 is 0. The van der Waals surface area contributed by atoms with Crippen LogP contribution in [0.4, 0.5) is 38.0 Å². The summed E-state index contributed by atoms with van der Waals surface area (Å²) in [5, 5.41) is 0. The second-order valence-corrected chi connectivity index (χ2v) is 9.20. The average Bonchev–Trinajstić information content (AvgIpc) is 2.92. The van der Waals surface area contributed by atoms with Crippen LogP contribution in [-0.2, 0) is 12.4 Å². The molecule has 0 unspecified atom stereocenters. The van der Waals surface area contributed by atoms with Crippen LogP contribution in [0.25, 0.3) is 22.4 Å². The van der Waals surface area contributed by atoms with Crippen molar-refractivity contribution in [1.29, 1.82) is 0 Å². The lowest BCUT2D eigenvalue weighted by atomic mass is 9.98. The summed E-state index contributed by atoms with van der Waals surface area (Å²) in [6.45, 7) is 3.11. The largest absolute Gasteiger partial charge is 0.451 e. The van der Waals surface area contributed by atoms with Gasteiger partial charge < -0.3 is 9.80 Å². The van der Waals surface area contributed by atoms with Crippen LogP contribution in [0.3, 0.4) is 0 Å². The first-order valence-corrected chi connectivity index (χ1v) is 12.2. The van der Waals surface area contributed by atoms with Crippen LogP contribution in [-0.4, -0.2) is 41.1 Å². The van der Waals surface area contributed by atoms with Crippen molar-refractivity contribution in [3.05, 3.63) is 89.9 Å². The standard InChI is InChI=1S/C28H23F6N5/c1-18-7-9-20(10-8-18)24-23(19-5-3-2-4-6-19)25(37-26(36-24)28(32,33)34)39-15-13-38(14-16-39)22-12-11-21(17-35-22)27(29,30)31/h2-12,17H,13-16H2,1H3. The fraction of sp³-hybridized carbons (Fsp3) is 0.250. The lowest BCUT2D eigenvalue weighted by molar-refractivity contribution is -0.144. The van der Waals surface area contributed by atoms with Crippen LogP contribution < -0.4 is 9.80 Å². The Morgan fingerprint density at radius 2 is 1.31 bits per heavy atom. The lowest BCUT2D eigenvalue weighted by Gasteiger charge is -2.37. The summed E-state index contributed by atoms with van der Waals surface area (Å²) in [5.41, 5.74) is 1.96. The van der Waals surface area contributed by atoms with E-state index in [2.05, 4.69) is 15.0 Å². The molecule has 3 heterocycles. The molecule has 5 nitrogen and oxygen atoms in total. The molecular formula is C28H23F6N5. The third-order valence-corrected chi connectivity index (χ3v) is 6.51. The summed E-state index contributed by atoms with van der Waals surface area (Å²) < 4.78 is 80.7. The number of benzene rings is 2. The number of piperazine rings is 1. The molecule has 2 aromatic heterocycles. The Labute approximate surface area is 220 Å². The zero-order valence-electron chi connectivity index (χ0n) is 20.8. The molecule has 11 heteroatoms. The summed E-state index contributed by atoms with van der Waals surface area (Å²) in [6.07, 6.45) is -8.48. The molecule has 0 saturated carbocycles. The van der Waals surface area contributed by atoms with Crippen molar-refractivity contribution in [1.82, 2.24) is 15.0 Å². The molecule has 202 valence electrons. The average molecular weight is 544 g/mol. The van der Waals surface area contributed by atoms with Gasteiger partial charge in [-0.25, -0.2) is 15.0 Å². The minimum Gasteiger partial charge on any atom is -0.353 e. The van der Waals surface area contributed by atoms with Gasteiger partial charge in [-0.3, -0.25) is 0 Å². The van der Waals surface area contributed by atoms with Crippen LogP contribution in [0, 0.1) is 6.92 Å². The van der Waals surface area contributed by atoms with Crippen molar-refractivity contribution in [3.8, 4) is 22.4 Å². The fourth-order valence-electron chi connectivity index (χ4n) is 4.48. The number of hydrogen-bond donors (Lipinski definition) is 0. The molecule has 0 amide bonds. The van der Waals surface area contributed by atoms with E-state index in [0.29, 0.717) is 35.6 Å². The molecule has 0 N–H and O–H groups in total. The molecule has 0 aliphatic carbocycles. The van der Waals surface area contributed by atoms with Gasteiger partial charge in [-0.2, -0.15) is 26.3 Å². The van der Waals surface area contributed by atoms with E-state index < -0.39 is 23.7 Å². The number of nitrogens with zero attached hydrogens (tertiary/aromatic N) is 5. The quantitative estimate of drug-likeness (QED) is 0.263. The topological polar surface area (TPSA) is 45.2 Å². The minimum absolute atomic E-state index is 0.152. The highest BCUT2D eigenvalue weighted by atomic mass is 19.4. The molecule has 0 radical (unpaired) electrons. The number of aromatic nitrogens is 3. The van der Waals surface area contributed by atoms with Gasteiger partial charge in [-0.1, -0.05) is 60.2 Å². The molecule has 1 fully saturated rings. The highest BCUT2D eigenvalue weighted by molar-refractivity contribution is 5.89. The third kappa shape index (κ3) is 5.67. The maximum Gasteiger partial charge on any atom is 0.451 e. The highest BCUT2D eigenvalue weighted by Gasteiger charge is 2.38. The first kappa shape index (κ1) is 26.5.